The molecule has 0 amide bonds. The number of hydrogen-bond acceptors (Lipinski definition) is 6. The number of rotatable bonds is 5. The van der Waals surface area contributed by atoms with E-state index in [2.05, 4.69) is 4.98 Å². The maximum absolute atomic E-state index is 10.5. The summed E-state index contributed by atoms with van der Waals surface area (Å²) in [6.45, 7) is -0.597. The van der Waals surface area contributed by atoms with Gasteiger partial charge in [-0.3, -0.25) is 10.3 Å². The van der Waals surface area contributed by atoms with E-state index >= 15 is 0 Å². The summed E-state index contributed by atoms with van der Waals surface area (Å²) < 4.78 is 5.57. The number of aromatic nitrogens is 1. The first kappa shape index (κ1) is 19.5. The van der Waals surface area contributed by atoms with Crippen molar-refractivity contribution in [2.75, 3.05) is 11.6 Å². The molecule has 0 atom stereocenters. The molecule has 1 aromatic heterocycles. The predicted molar refractivity (Wildman–Crippen MR) is 88.5 cm³/mol. The molecule has 8 heteroatoms. The van der Waals surface area contributed by atoms with Crippen LogP contribution in [0, 0.1) is 0 Å². The second kappa shape index (κ2) is 8.51. The molecule has 0 aliphatic rings. The Bertz CT molecular complexity index is 909. The molecule has 0 bridgehead atoms. The maximum atomic E-state index is 10.5. The number of anilines is 1. The van der Waals surface area contributed by atoms with Crippen LogP contribution in [0.3, 0.4) is 0 Å². The molecule has 1 N–H and O–H groups in total. The van der Waals surface area contributed by atoms with Crippen LogP contribution < -0.4 is 39.7 Å². The topological polar surface area (TPSA) is 89.6 Å². The summed E-state index contributed by atoms with van der Waals surface area (Å²) in [6.07, 6.45) is 3.50. The summed E-state index contributed by atoms with van der Waals surface area (Å²) in [5.41, 5.74) is 2.51. The smallest absolute Gasteiger partial charge is 0.548 e. The number of hydrogen-bond donors (Lipinski definition) is 1. The van der Waals surface area contributed by atoms with Crippen LogP contribution in [0.4, 0.5) is 5.69 Å². The Kier molecular flexibility index (Phi) is 6.64. The third-order valence-corrected chi connectivity index (χ3v) is 3.49. The van der Waals surface area contributed by atoms with E-state index in [4.69, 9.17) is 16.0 Å². The molecule has 1 heterocycles. The molecule has 2 aromatic carbocycles. The first-order valence-electron chi connectivity index (χ1n) is 7.02. The number of fused-ring (bicyclic) bond motifs is 1. The van der Waals surface area contributed by atoms with E-state index in [0.29, 0.717) is 32.8 Å². The van der Waals surface area contributed by atoms with Crippen LogP contribution in [0.5, 0.6) is 0 Å². The van der Waals surface area contributed by atoms with Crippen molar-refractivity contribution in [1.29, 1.82) is 0 Å². The van der Waals surface area contributed by atoms with Gasteiger partial charge in [0.15, 0.2) is 5.58 Å². The fourth-order valence-electron chi connectivity index (χ4n) is 2.13. The van der Waals surface area contributed by atoms with Crippen LogP contribution in [-0.4, -0.2) is 22.7 Å². The molecule has 3 aromatic rings. The molecule has 0 aliphatic heterocycles. The largest absolute Gasteiger partial charge is 1.00 e. The van der Waals surface area contributed by atoms with E-state index in [0.717, 1.165) is 5.56 Å². The minimum Gasteiger partial charge on any atom is -0.548 e. The van der Waals surface area contributed by atoms with Crippen LogP contribution in [0.1, 0.15) is 11.5 Å². The Morgan fingerprint density at radius 2 is 1.96 bits per heavy atom. The molecular formula is C17H12ClN2NaO4. The van der Waals surface area contributed by atoms with Crippen LogP contribution in [0.25, 0.3) is 23.3 Å². The van der Waals surface area contributed by atoms with Gasteiger partial charge < -0.3 is 14.3 Å². The third kappa shape index (κ3) is 5.07. The molecule has 0 unspecified atom stereocenters. The minimum atomic E-state index is -1.36. The second-order valence-corrected chi connectivity index (χ2v) is 5.46. The summed E-state index contributed by atoms with van der Waals surface area (Å²) in [6, 6.07) is 11.9. The Morgan fingerprint density at radius 1 is 1.24 bits per heavy atom. The van der Waals surface area contributed by atoms with Gasteiger partial charge in [-0.2, -0.15) is 0 Å². The van der Waals surface area contributed by atoms with Gasteiger partial charge in [-0.15, -0.1) is 0 Å². The molecule has 6 nitrogen and oxygen atoms in total. The first-order chi connectivity index (χ1) is 11.5. The number of carboxylic acids is 1. The number of benzene rings is 2. The number of carbonyl (C=O) groups excluding carboxylic acids is 1. The summed E-state index contributed by atoms with van der Waals surface area (Å²) in [4.78, 5) is 14.8. The summed E-state index contributed by atoms with van der Waals surface area (Å²) >= 11 is 5.90. The molecule has 0 saturated carbocycles. The zero-order valence-electron chi connectivity index (χ0n) is 13.3. The molecule has 0 spiro atoms. The van der Waals surface area contributed by atoms with E-state index in [9.17, 15) is 15.1 Å². The molecule has 0 radical (unpaired) electrons. The average Bonchev–Trinajstić information content (AvgIpc) is 2.94. The fraction of sp³-hybridized carbons (Fsp3) is 0.0588. The SMILES string of the molecule is O=C([O-])CN(O)c1ccc(C=Cc2nc3ccc(Cl)cc3o2)cc1.[Na+]. The normalized spacial score (nSPS) is 10.8. The van der Waals surface area contributed by atoms with E-state index in [1.165, 1.54) is 0 Å². The van der Waals surface area contributed by atoms with Crippen molar-refractivity contribution in [1.82, 2.24) is 4.98 Å². The van der Waals surface area contributed by atoms with E-state index in [-0.39, 0.29) is 29.6 Å². The van der Waals surface area contributed by atoms with Gasteiger partial charge in [0.2, 0.25) is 5.89 Å². The van der Waals surface area contributed by atoms with E-state index in [1.54, 1.807) is 54.6 Å². The summed E-state index contributed by atoms with van der Waals surface area (Å²) in [5.74, 6) is -0.922. The first-order valence-corrected chi connectivity index (χ1v) is 7.39. The van der Waals surface area contributed by atoms with Gasteiger partial charge in [-0.1, -0.05) is 23.7 Å². The van der Waals surface area contributed by atoms with Gasteiger partial charge in [-0.25, -0.2) is 4.98 Å². The van der Waals surface area contributed by atoms with E-state index in [1.807, 2.05) is 0 Å². The summed E-state index contributed by atoms with van der Waals surface area (Å²) in [7, 11) is 0. The number of carbonyl (C=O) groups is 1. The minimum absolute atomic E-state index is 0. The molecule has 122 valence electrons. The molecule has 0 aliphatic carbocycles. The maximum Gasteiger partial charge on any atom is 1.00 e. The zero-order chi connectivity index (χ0) is 17.1. The number of carboxylic acid groups (broad SMARTS) is 1. The Balaban J connectivity index is 0.00000225. The van der Waals surface area contributed by atoms with Crippen molar-refractivity contribution < 1.29 is 49.1 Å². The van der Waals surface area contributed by atoms with Crippen molar-refractivity contribution in [3.63, 3.8) is 0 Å². The molecule has 0 fully saturated rings. The number of oxazole rings is 1. The van der Waals surface area contributed by atoms with Gasteiger partial charge >= 0.3 is 29.6 Å². The van der Waals surface area contributed by atoms with Crippen molar-refractivity contribution in [2.24, 2.45) is 0 Å². The van der Waals surface area contributed by atoms with Gasteiger partial charge in [0.05, 0.1) is 18.2 Å². The Morgan fingerprint density at radius 3 is 2.64 bits per heavy atom. The average molecular weight is 367 g/mol. The quantitative estimate of drug-likeness (QED) is 0.488. The van der Waals surface area contributed by atoms with Gasteiger partial charge in [-0.05, 0) is 35.9 Å². The molecule has 25 heavy (non-hydrogen) atoms. The standard InChI is InChI=1S/C17H13ClN2O4.Na/c18-12-4-7-14-15(9-12)24-16(19-14)8-3-11-1-5-13(6-2-11)20(23)10-17(21)22;/h1-9,23H,10H2,(H,21,22);/q;+1/p-1. The monoisotopic (exact) mass is 366 g/mol. The van der Waals surface area contributed by atoms with Gasteiger partial charge in [0.25, 0.3) is 0 Å². The number of halogens is 1. The van der Waals surface area contributed by atoms with Crippen molar-refractivity contribution in [3.05, 3.63) is 58.9 Å². The van der Waals surface area contributed by atoms with Crippen LogP contribution in [0.2, 0.25) is 5.02 Å². The molecule has 0 saturated heterocycles. The second-order valence-electron chi connectivity index (χ2n) is 5.02. The molecule has 3 rings (SSSR count). The van der Waals surface area contributed by atoms with Crippen molar-refractivity contribution >= 4 is 46.5 Å². The Labute approximate surface area is 170 Å². The fourth-order valence-corrected chi connectivity index (χ4v) is 2.29. The number of nitrogens with zero attached hydrogens (tertiary/aromatic N) is 2. The number of aliphatic carboxylic acids is 1. The van der Waals surface area contributed by atoms with Gasteiger partial charge in [0.1, 0.15) is 5.52 Å². The summed E-state index contributed by atoms with van der Waals surface area (Å²) in [5, 5.41) is 21.2. The number of hydroxylamine groups is 1. The van der Waals surface area contributed by atoms with E-state index < -0.39 is 12.5 Å². The predicted octanol–water partition coefficient (Wildman–Crippen LogP) is -0.399. The zero-order valence-corrected chi connectivity index (χ0v) is 16.1. The third-order valence-electron chi connectivity index (χ3n) is 3.26. The van der Waals surface area contributed by atoms with Crippen LogP contribution in [0.15, 0.2) is 46.9 Å². The molecular weight excluding hydrogens is 355 g/mol. The van der Waals surface area contributed by atoms with Crippen LogP contribution >= 0.6 is 11.6 Å². The van der Waals surface area contributed by atoms with Gasteiger partial charge in [0, 0.05) is 17.2 Å². The Hall–Kier alpha value is -1.83. The van der Waals surface area contributed by atoms with Crippen molar-refractivity contribution in [2.45, 2.75) is 0 Å². The van der Waals surface area contributed by atoms with Crippen LogP contribution in [-0.2, 0) is 4.79 Å². The van der Waals surface area contributed by atoms with Crippen molar-refractivity contribution in [3.8, 4) is 0 Å².